The number of allylic oxidation sites excluding steroid dienone is 1. The molecule has 3 rings (SSSR count). The van der Waals surface area contributed by atoms with E-state index in [-0.39, 0.29) is 11.9 Å². The van der Waals surface area contributed by atoms with E-state index in [0.717, 1.165) is 12.8 Å². The Kier molecular flexibility index (Phi) is 5.49. The van der Waals surface area contributed by atoms with E-state index in [1.807, 2.05) is 0 Å². The van der Waals surface area contributed by atoms with Gasteiger partial charge in [0.15, 0.2) is 0 Å². The first-order valence-corrected chi connectivity index (χ1v) is 9.79. The van der Waals surface area contributed by atoms with Gasteiger partial charge < -0.3 is 19.7 Å². The van der Waals surface area contributed by atoms with Gasteiger partial charge in [0, 0.05) is 0 Å². The molecule has 7 nitrogen and oxygen atoms in total. The fourth-order valence-electron chi connectivity index (χ4n) is 4.01. The predicted molar refractivity (Wildman–Crippen MR) is 98.9 cm³/mol. The zero-order chi connectivity index (χ0) is 19.8. The number of alkyl carbamates (subject to hydrolysis) is 1. The summed E-state index contributed by atoms with van der Waals surface area (Å²) in [5.74, 6) is -0.0481. The van der Waals surface area contributed by atoms with Gasteiger partial charge in [0.05, 0.1) is 13.2 Å². The number of carbonyl (C=O) groups is 3. The van der Waals surface area contributed by atoms with E-state index in [9.17, 15) is 14.4 Å². The number of hydrogen-bond donors (Lipinski definition) is 1. The molecule has 0 unspecified atom stereocenters. The topological polar surface area (TPSA) is 84.9 Å². The summed E-state index contributed by atoms with van der Waals surface area (Å²) in [5.41, 5.74) is 0.706. The number of fused-ring (bicyclic) bond motifs is 1. The summed E-state index contributed by atoms with van der Waals surface area (Å²) in [6.45, 7) is 5.35. The zero-order valence-corrected chi connectivity index (χ0v) is 16.6. The minimum absolute atomic E-state index is 0.111. The molecular formula is C20H30N2O5. The van der Waals surface area contributed by atoms with Gasteiger partial charge in [-0.05, 0) is 65.2 Å². The Bertz CT molecular complexity index is 647. The maximum atomic E-state index is 13.2. The van der Waals surface area contributed by atoms with Crippen molar-refractivity contribution in [1.29, 1.82) is 0 Å². The molecule has 150 valence electrons. The van der Waals surface area contributed by atoms with Crippen LogP contribution in [0.4, 0.5) is 4.79 Å². The van der Waals surface area contributed by atoms with Crippen LogP contribution in [0.25, 0.3) is 0 Å². The third-order valence-electron chi connectivity index (χ3n) is 5.38. The van der Waals surface area contributed by atoms with E-state index in [0.29, 0.717) is 18.8 Å². The standard InChI is InChI=1S/C20H30N2O5/c1-20(2,3)27-19(25)21-15-9-7-13(12-5-6-12)11-14-8-10-16(18(24)26-4)22(14)17(15)23/h11-12,14-16H,5-10H2,1-4H3,(H,21,25)/b13-11+/t14-,15+,16+/m1/s1. The Hall–Kier alpha value is -2.05. The molecule has 0 radical (unpaired) electrons. The zero-order valence-electron chi connectivity index (χ0n) is 16.6. The number of ether oxygens (including phenoxy) is 2. The Morgan fingerprint density at radius 2 is 1.85 bits per heavy atom. The molecule has 2 aliphatic heterocycles. The van der Waals surface area contributed by atoms with Crippen molar-refractivity contribution in [3.63, 3.8) is 0 Å². The summed E-state index contributed by atoms with van der Waals surface area (Å²) in [5, 5.41) is 2.73. The molecular weight excluding hydrogens is 348 g/mol. The van der Waals surface area contributed by atoms with Crippen molar-refractivity contribution in [3.8, 4) is 0 Å². The van der Waals surface area contributed by atoms with Gasteiger partial charge in [0.1, 0.15) is 17.7 Å². The van der Waals surface area contributed by atoms with Gasteiger partial charge in [-0.1, -0.05) is 11.6 Å². The number of methoxy groups -OCH3 is 1. The van der Waals surface area contributed by atoms with Gasteiger partial charge in [0.2, 0.25) is 5.91 Å². The highest BCUT2D eigenvalue weighted by molar-refractivity contribution is 5.91. The first-order valence-electron chi connectivity index (χ1n) is 9.79. The monoisotopic (exact) mass is 378 g/mol. The minimum atomic E-state index is -0.699. The molecule has 1 aliphatic carbocycles. The smallest absolute Gasteiger partial charge is 0.408 e. The summed E-state index contributed by atoms with van der Waals surface area (Å²) in [6, 6.07) is -1.40. The number of esters is 1. The Balaban J connectivity index is 1.83. The van der Waals surface area contributed by atoms with Crippen molar-refractivity contribution in [1.82, 2.24) is 10.2 Å². The Morgan fingerprint density at radius 1 is 1.15 bits per heavy atom. The van der Waals surface area contributed by atoms with Gasteiger partial charge in [-0.25, -0.2) is 9.59 Å². The lowest BCUT2D eigenvalue weighted by Gasteiger charge is -2.34. The van der Waals surface area contributed by atoms with Crippen LogP contribution in [-0.2, 0) is 19.1 Å². The van der Waals surface area contributed by atoms with Gasteiger partial charge in [-0.3, -0.25) is 4.79 Å². The molecule has 0 aromatic heterocycles. The molecule has 2 fully saturated rings. The normalized spacial score (nSPS) is 30.5. The molecule has 1 N–H and O–H groups in total. The molecule has 27 heavy (non-hydrogen) atoms. The third kappa shape index (κ3) is 4.62. The van der Waals surface area contributed by atoms with E-state index in [1.165, 1.54) is 25.5 Å². The lowest BCUT2D eigenvalue weighted by molar-refractivity contribution is -0.152. The molecule has 7 heteroatoms. The highest BCUT2D eigenvalue weighted by atomic mass is 16.6. The molecule has 2 amide bonds. The van der Waals surface area contributed by atoms with Crippen molar-refractivity contribution < 1.29 is 23.9 Å². The minimum Gasteiger partial charge on any atom is -0.467 e. The van der Waals surface area contributed by atoms with Crippen LogP contribution >= 0.6 is 0 Å². The maximum absolute atomic E-state index is 13.2. The van der Waals surface area contributed by atoms with Gasteiger partial charge in [-0.15, -0.1) is 0 Å². The van der Waals surface area contributed by atoms with Crippen molar-refractivity contribution >= 4 is 18.0 Å². The first kappa shape index (κ1) is 19.7. The van der Waals surface area contributed by atoms with Crippen molar-refractivity contribution in [2.75, 3.05) is 7.11 Å². The number of nitrogens with one attached hydrogen (secondary N) is 1. The summed E-state index contributed by atoms with van der Waals surface area (Å²) in [6.07, 6.45) is 6.54. The second-order valence-corrected chi connectivity index (χ2v) is 8.68. The van der Waals surface area contributed by atoms with Crippen LogP contribution in [0.15, 0.2) is 11.6 Å². The van der Waals surface area contributed by atoms with Crippen molar-refractivity contribution in [2.24, 2.45) is 5.92 Å². The average molecular weight is 378 g/mol. The summed E-state index contributed by atoms with van der Waals surface area (Å²) in [4.78, 5) is 39.3. The van der Waals surface area contributed by atoms with Crippen LogP contribution < -0.4 is 5.32 Å². The molecule has 1 saturated heterocycles. The molecule has 0 spiro atoms. The fourth-order valence-corrected chi connectivity index (χ4v) is 4.01. The molecule has 0 aromatic carbocycles. The summed E-state index contributed by atoms with van der Waals surface area (Å²) in [7, 11) is 1.34. The van der Waals surface area contributed by atoms with Crippen LogP contribution in [0.1, 0.15) is 59.3 Å². The first-order chi connectivity index (χ1) is 12.7. The van der Waals surface area contributed by atoms with Crippen LogP contribution in [-0.4, -0.2) is 53.7 Å². The van der Waals surface area contributed by atoms with Crippen LogP contribution in [0.3, 0.4) is 0 Å². The lowest BCUT2D eigenvalue weighted by atomic mass is 9.95. The molecule has 3 aliphatic rings. The molecule has 0 bridgehead atoms. The van der Waals surface area contributed by atoms with E-state index >= 15 is 0 Å². The van der Waals surface area contributed by atoms with Gasteiger partial charge in [0.25, 0.3) is 0 Å². The number of hydrogen-bond acceptors (Lipinski definition) is 5. The number of amides is 2. The van der Waals surface area contributed by atoms with Crippen LogP contribution in [0.2, 0.25) is 0 Å². The Morgan fingerprint density at radius 3 is 2.44 bits per heavy atom. The highest BCUT2D eigenvalue weighted by Crippen LogP contribution is 2.41. The fraction of sp³-hybridized carbons (Fsp3) is 0.750. The average Bonchev–Trinajstić information content (AvgIpc) is 3.33. The predicted octanol–water partition coefficient (Wildman–Crippen LogP) is 2.54. The van der Waals surface area contributed by atoms with Crippen LogP contribution in [0, 0.1) is 5.92 Å². The quantitative estimate of drug-likeness (QED) is 0.603. The van der Waals surface area contributed by atoms with E-state index in [4.69, 9.17) is 9.47 Å². The van der Waals surface area contributed by atoms with Crippen molar-refractivity contribution in [3.05, 3.63) is 11.6 Å². The second-order valence-electron chi connectivity index (χ2n) is 8.68. The summed E-state index contributed by atoms with van der Waals surface area (Å²) < 4.78 is 10.2. The van der Waals surface area contributed by atoms with E-state index < -0.39 is 29.7 Å². The molecule has 1 saturated carbocycles. The molecule has 2 heterocycles. The van der Waals surface area contributed by atoms with Gasteiger partial charge >= 0.3 is 12.1 Å². The number of nitrogens with zero attached hydrogens (tertiary/aromatic N) is 1. The SMILES string of the molecule is COC(=O)[C@@H]1CC[C@@H]2/C=C(/C3CC3)CC[C@H](NC(=O)OC(C)(C)C)C(=O)N21. The van der Waals surface area contributed by atoms with E-state index in [2.05, 4.69) is 11.4 Å². The number of carbonyl (C=O) groups excluding carboxylic acids is 3. The third-order valence-corrected chi connectivity index (χ3v) is 5.38. The Labute approximate surface area is 160 Å². The summed E-state index contributed by atoms with van der Waals surface area (Å²) >= 11 is 0. The van der Waals surface area contributed by atoms with Crippen LogP contribution in [0.5, 0.6) is 0 Å². The number of rotatable bonds is 3. The van der Waals surface area contributed by atoms with E-state index in [1.54, 1.807) is 25.7 Å². The largest absolute Gasteiger partial charge is 0.467 e. The molecule has 3 atom stereocenters. The lowest BCUT2D eigenvalue weighted by Crippen LogP contribution is -2.55. The highest BCUT2D eigenvalue weighted by Gasteiger charge is 2.45. The van der Waals surface area contributed by atoms with Crippen molar-refractivity contribution in [2.45, 2.75) is 83.0 Å². The second kappa shape index (κ2) is 7.52. The maximum Gasteiger partial charge on any atom is 0.408 e. The molecule has 0 aromatic rings. The van der Waals surface area contributed by atoms with Gasteiger partial charge in [-0.2, -0.15) is 0 Å².